The van der Waals surface area contributed by atoms with E-state index in [1.807, 2.05) is 6.92 Å². The summed E-state index contributed by atoms with van der Waals surface area (Å²) >= 11 is 0. The Bertz CT molecular complexity index is 302. The van der Waals surface area contributed by atoms with Gasteiger partial charge in [0.05, 0.1) is 0 Å². The fourth-order valence-electron chi connectivity index (χ4n) is 1.32. The third kappa shape index (κ3) is 2.25. The van der Waals surface area contributed by atoms with Gasteiger partial charge in [-0.15, -0.1) is 0 Å². The molecule has 0 aliphatic heterocycles. The van der Waals surface area contributed by atoms with E-state index in [2.05, 4.69) is 0 Å². The monoisotopic (exact) mass is 185 g/mol. The van der Waals surface area contributed by atoms with E-state index >= 15 is 0 Å². The Labute approximate surface area is 76.6 Å². The van der Waals surface area contributed by atoms with Crippen LogP contribution in [0, 0.1) is 6.92 Å². The van der Waals surface area contributed by atoms with Crippen molar-refractivity contribution < 1.29 is 8.78 Å². The molecule has 0 amide bonds. The zero-order chi connectivity index (χ0) is 10.1. The molecule has 0 heterocycles. The van der Waals surface area contributed by atoms with Gasteiger partial charge in [-0.25, -0.2) is 8.78 Å². The molecule has 72 valence electrons. The van der Waals surface area contributed by atoms with Gasteiger partial charge >= 0.3 is 0 Å². The molecular formula is C10H13F2N. The second-order valence-corrected chi connectivity index (χ2v) is 3.25. The van der Waals surface area contributed by atoms with Crippen molar-refractivity contribution >= 4 is 0 Å². The second-order valence-electron chi connectivity index (χ2n) is 3.25. The van der Waals surface area contributed by atoms with Crippen LogP contribution >= 0.6 is 0 Å². The largest absolute Gasteiger partial charge is 0.326 e. The Morgan fingerprint density at radius 3 is 2.46 bits per heavy atom. The fraction of sp³-hybridized carbons (Fsp3) is 0.400. The molecule has 0 saturated carbocycles. The number of benzene rings is 1. The molecule has 0 radical (unpaired) electrons. The van der Waals surface area contributed by atoms with Crippen molar-refractivity contribution in [2.24, 2.45) is 5.73 Å². The number of hydrogen-bond acceptors (Lipinski definition) is 1. The van der Waals surface area contributed by atoms with Gasteiger partial charge in [-0.2, -0.15) is 0 Å². The van der Waals surface area contributed by atoms with E-state index in [1.165, 1.54) is 6.07 Å². The SMILES string of the molecule is Cc1ccc(C(C)(F)F)c(CN)c1. The lowest BCUT2D eigenvalue weighted by Gasteiger charge is -2.15. The molecule has 13 heavy (non-hydrogen) atoms. The molecule has 3 heteroatoms. The number of alkyl halides is 2. The zero-order valence-corrected chi connectivity index (χ0v) is 7.77. The summed E-state index contributed by atoms with van der Waals surface area (Å²) in [6.07, 6.45) is 0. The minimum atomic E-state index is -2.80. The number of hydrogen-bond donors (Lipinski definition) is 1. The summed E-state index contributed by atoms with van der Waals surface area (Å²) in [7, 11) is 0. The summed E-state index contributed by atoms with van der Waals surface area (Å²) < 4.78 is 26.0. The van der Waals surface area contributed by atoms with Crippen LogP contribution in [0.1, 0.15) is 23.6 Å². The smallest absolute Gasteiger partial charge is 0.270 e. The average Bonchev–Trinajstić information content (AvgIpc) is 2.01. The first-order valence-electron chi connectivity index (χ1n) is 4.13. The topological polar surface area (TPSA) is 26.0 Å². The van der Waals surface area contributed by atoms with Crippen LogP contribution < -0.4 is 5.73 Å². The molecule has 0 spiro atoms. The summed E-state index contributed by atoms with van der Waals surface area (Å²) in [5.41, 5.74) is 6.88. The van der Waals surface area contributed by atoms with Gasteiger partial charge in [0, 0.05) is 19.0 Å². The first-order chi connectivity index (χ1) is 5.95. The number of rotatable bonds is 2. The molecule has 0 aliphatic carbocycles. The molecule has 0 unspecified atom stereocenters. The predicted molar refractivity (Wildman–Crippen MR) is 48.6 cm³/mol. The highest BCUT2D eigenvalue weighted by Crippen LogP contribution is 2.30. The van der Waals surface area contributed by atoms with Crippen molar-refractivity contribution in [2.45, 2.75) is 26.3 Å². The third-order valence-electron chi connectivity index (χ3n) is 1.95. The number of aryl methyl sites for hydroxylation is 1. The minimum Gasteiger partial charge on any atom is -0.326 e. The van der Waals surface area contributed by atoms with Crippen LogP contribution in [-0.4, -0.2) is 0 Å². The Morgan fingerprint density at radius 2 is 2.00 bits per heavy atom. The lowest BCUT2D eigenvalue weighted by atomic mass is 10.0. The quantitative estimate of drug-likeness (QED) is 0.752. The maximum Gasteiger partial charge on any atom is 0.270 e. The lowest BCUT2D eigenvalue weighted by molar-refractivity contribution is 0.0165. The molecule has 2 N–H and O–H groups in total. The number of halogens is 2. The Morgan fingerprint density at radius 1 is 1.38 bits per heavy atom. The Balaban J connectivity index is 3.22. The van der Waals surface area contributed by atoms with Gasteiger partial charge in [0.25, 0.3) is 5.92 Å². The summed E-state index contributed by atoms with van der Waals surface area (Å²) in [5, 5.41) is 0. The summed E-state index contributed by atoms with van der Waals surface area (Å²) in [4.78, 5) is 0. The van der Waals surface area contributed by atoms with Crippen molar-refractivity contribution in [1.82, 2.24) is 0 Å². The molecule has 1 aromatic carbocycles. The molecule has 1 nitrogen and oxygen atoms in total. The lowest BCUT2D eigenvalue weighted by Crippen LogP contribution is -2.13. The van der Waals surface area contributed by atoms with Crippen molar-refractivity contribution in [3.05, 3.63) is 34.9 Å². The predicted octanol–water partition coefficient (Wildman–Crippen LogP) is 2.57. The Kier molecular flexibility index (Phi) is 2.66. The maximum absolute atomic E-state index is 13.0. The molecule has 1 aromatic rings. The van der Waals surface area contributed by atoms with Gasteiger partial charge in [-0.1, -0.05) is 23.8 Å². The van der Waals surface area contributed by atoms with Gasteiger partial charge in [0.2, 0.25) is 0 Å². The molecule has 0 fully saturated rings. The van der Waals surface area contributed by atoms with Crippen LogP contribution in [0.3, 0.4) is 0 Å². The highest BCUT2D eigenvalue weighted by molar-refractivity contribution is 5.34. The first kappa shape index (κ1) is 10.1. The van der Waals surface area contributed by atoms with Crippen LogP contribution in [0.5, 0.6) is 0 Å². The van der Waals surface area contributed by atoms with Gasteiger partial charge in [0.1, 0.15) is 0 Å². The summed E-state index contributed by atoms with van der Waals surface area (Å²) in [6, 6.07) is 4.82. The fourth-order valence-corrected chi connectivity index (χ4v) is 1.32. The Hall–Kier alpha value is -0.960. The van der Waals surface area contributed by atoms with E-state index in [0.717, 1.165) is 12.5 Å². The maximum atomic E-state index is 13.0. The third-order valence-corrected chi connectivity index (χ3v) is 1.95. The zero-order valence-electron chi connectivity index (χ0n) is 7.77. The summed E-state index contributed by atoms with van der Waals surface area (Å²) in [6.45, 7) is 2.90. The molecule has 0 bridgehead atoms. The molecule has 0 atom stereocenters. The van der Waals surface area contributed by atoms with Crippen LogP contribution in [0.15, 0.2) is 18.2 Å². The molecular weight excluding hydrogens is 172 g/mol. The van der Waals surface area contributed by atoms with Crippen LogP contribution in [0.2, 0.25) is 0 Å². The van der Waals surface area contributed by atoms with Crippen LogP contribution in [0.4, 0.5) is 8.78 Å². The van der Waals surface area contributed by atoms with Gasteiger partial charge in [-0.3, -0.25) is 0 Å². The second kappa shape index (κ2) is 3.42. The molecule has 0 aromatic heterocycles. The van der Waals surface area contributed by atoms with Crippen molar-refractivity contribution in [2.75, 3.05) is 0 Å². The molecule has 1 rings (SSSR count). The average molecular weight is 185 g/mol. The van der Waals surface area contributed by atoms with E-state index in [1.54, 1.807) is 12.1 Å². The van der Waals surface area contributed by atoms with E-state index in [4.69, 9.17) is 5.73 Å². The van der Waals surface area contributed by atoms with Crippen LogP contribution in [-0.2, 0) is 12.5 Å². The molecule has 0 aliphatic rings. The van der Waals surface area contributed by atoms with E-state index in [9.17, 15) is 8.78 Å². The van der Waals surface area contributed by atoms with Crippen LogP contribution in [0.25, 0.3) is 0 Å². The van der Waals surface area contributed by atoms with Gasteiger partial charge in [0.15, 0.2) is 0 Å². The highest BCUT2D eigenvalue weighted by atomic mass is 19.3. The van der Waals surface area contributed by atoms with Gasteiger partial charge < -0.3 is 5.73 Å². The van der Waals surface area contributed by atoms with Crippen molar-refractivity contribution in [3.8, 4) is 0 Å². The summed E-state index contributed by atoms with van der Waals surface area (Å²) in [5.74, 6) is -2.80. The van der Waals surface area contributed by atoms with E-state index in [-0.39, 0.29) is 12.1 Å². The van der Waals surface area contributed by atoms with Gasteiger partial charge in [-0.05, 0) is 12.5 Å². The standard InChI is InChI=1S/C10H13F2N/c1-7-3-4-9(10(2,11)12)8(5-7)6-13/h3-5H,6,13H2,1-2H3. The molecule has 0 saturated heterocycles. The van der Waals surface area contributed by atoms with E-state index < -0.39 is 5.92 Å². The number of nitrogens with two attached hydrogens (primary N) is 1. The first-order valence-corrected chi connectivity index (χ1v) is 4.13. The highest BCUT2D eigenvalue weighted by Gasteiger charge is 2.26. The normalized spacial score (nSPS) is 11.8. The van der Waals surface area contributed by atoms with E-state index in [0.29, 0.717) is 5.56 Å². The van der Waals surface area contributed by atoms with Crippen molar-refractivity contribution in [3.63, 3.8) is 0 Å². The minimum absolute atomic E-state index is 0.0283. The van der Waals surface area contributed by atoms with Crippen molar-refractivity contribution in [1.29, 1.82) is 0 Å².